The maximum atomic E-state index is 5.20. The van der Waals surface area contributed by atoms with Crippen molar-refractivity contribution < 1.29 is 19.5 Å². The summed E-state index contributed by atoms with van der Waals surface area (Å²) in [6.45, 7) is 0. The van der Waals surface area contributed by atoms with Crippen molar-refractivity contribution in [2.24, 2.45) is 5.73 Å². The van der Waals surface area contributed by atoms with E-state index in [1.165, 1.54) is 0 Å². The first-order chi connectivity index (χ1) is 2.64. The summed E-state index contributed by atoms with van der Waals surface area (Å²) >= 11 is 4.63. The molecule has 4 heteroatoms. The van der Waals surface area contributed by atoms with Gasteiger partial charge in [0, 0.05) is 19.5 Å². The van der Waals surface area contributed by atoms with Crippen molar-refractivity contribution in [1.82, 2.24) is 0 Å². The van der Waals surface area contributed by atoms with Gasteiger partial charge in [-0.25, -0.2) is 10.9 Å². The maximum absolute atomic E-state index is 5.20. The van der Waals surface area contributed by atoms with Crippen molar-refractivity contribution in [3.05, 3.63) is 0 Å². The molecular formula is C3H9NS2Zn. The van der Waals surface area contributed by atoms with Crippen molar-refractivity contribution in [1.29, 1.82) is 0 Å². The molecule has 0 aliphatic rings. The average molecular weight is 189 g/mol. The third-order valence-corrected chi connectivity index (χ3v) is 2.42. The van der Waals surface area contributed by atoms with Crippen LogP contribution in [0.3, 0.4) is 0 Å². The molecule has 0 spiro atoms. The topological polar surface area (TPSA) is 26.0 Å². The molecule has 0 radical (unpaired) electrons. The fourth-order valence-corrected chi connectivity index (χ4v) is 0. The summed E-state index contributed by atoms with van der Waals surface area (Å²) in [4.78, 5) is 0. The Bertz CT molecular complexity index is 64.0. The number of hydrogen-bond donors (Lipinski definition) is 2. The van der Waals surface area contributed by atoms with Gasteiger partial charge in [0.15, 0.2) is 0 Å². The van der Waals surface area contributed by atoms with E-state index in [4.69, 9.17) is 5.73 Å². The Hall–Kier alpha value is 0.863. The quantitative estimate of drug-likeness (QED) is 0.329. The predicted molar refractivity (Wildman–Crippen MR) is 37.6 cm³/mol. The van der Waals surface area contributed by atoms with E-state index in [9.17, 15) is 0 Å². The summed E-state index contributed by atoms with van der Waals surface area (Å²) in [5, 5.41) is 0. The van der Waals surface area contributed by atoms with Crippen LogP contribution in [0.1, 0.15) is 0 Å². The Morgan fingerprint density at radius 2 is 1.71 bits per heavy atom. The molecule has 0 fully saturated rings. The van der Waals surface area contributed by atoms with E-state index in [0.717, 1.165) is 0 Å². The number of thiol groups is 1. The van der Waals surface area contributed by atoms with Crippen molar-refractivity contribution in [3.8, 4) is 0 Å². The molecule has 0 saturated heterocycles. The van der Waals surface area contributed by atoms with E-state index in [0.29, 0.717) is 4.32 Å². The molecule has 7 heavy (non-hydrogen) atoms. The SMILES string of the molecule is C[SH](C)C(N)=S.[Zn]. The number of hydrogen-bond acceptors (Lipinski definition) is 1. The van der Waals surface area contributed by atoms with Gasteiger partial charge in [-0.05, 0) is 12.5 Å². The van der Waals surface area contributed by atoms with E-state index in [1.807, 2.05) is 12.5 Å². The molecule has 0 saturated carbocycles. The van der Waals surface area contributed by atoms with Gasteiger partial charge in [0.25, 0.3) is 0 Å². The second-order valence-corrected chi connectivity index (χ2v) is 4.25. The second-order valence-electron chi connectivity index (χ2n) is 1.23. The van der Waals surface area contributed by atoms with E-state index < -0.39 is 0 Å². The zero-order chi connectivity index (χ0) is 5.15. The van der Waals surface area contributed by atoms with E-state index in [2.05, 4.69) is 12.2 Å². The first-order valence-electron chi connectivity index (χ1n) is 1.61. The standard InChI is InChI=1S/C3H9NS2.Zn/c1-6(2)3(4)5;/h6H,1-2H3,(H2,4,5);. The summed E-state index contributed by atoms with van der Waals surface area (Å²) < 4.78 is 0.657. The Morgan fingerprint density at radius 1 is 1.57 bits per heavy atom. The summed E-state index contributed by atoms with van der Waals surface area (Å²) in [7, 11) is -0.150. The third-order valence-electron chi connectivity index (χ3n) is 0.441. The molecule has 0 aromatic heterocycles. The van der Waals surface area contributed by atoms with Gasteiger partial charge in [0.05, 0.1) is 0 Å². The van der Waals surface area contributed by atoms with Crippen LogP contribution in [-0.4, -0.2) is 16.8 Å². The minimum atomic E-state index is -0.150. The van der Waals surface area contributed by atoms with Gasteiger partial charge in [-0.3, -0.25) is 0 Å². The van der Waals surface area contributed by atoms with Crippen LogP contribution in [0.4, 0.5) is 0 Å². The third kappa shape index (κ3) is 6.86. The smallest absolute Gasteiger partial charge is 0.110 e. The van der Waals surface area contributed by atoms with Crippen LogP contribution in [-0.2, 0) is 19.5 Å². The van der Waals surface area contributed by atoms with Gasteiger partial charge in [0.1, 0.15) is 4.32 Å². The minimum absolute atomic E-state index is 0. The molecule has 0 aliphatic heterocycles. The zero-order valence-electron chi connectivity index (χ0n) is 4.64. The van der Waals surface area contributed by atoms with Crippen LogP contribution in [0.2, 0.25) is 0 Å². The molecule has 0 rings (SSSR count). The maximum Gasteiger partial charge on any atom is 0.110 e. The zero-order valence-corrected chi connectivity index (χ0v) is 9.32. The summed E-state index contributed by atoms with van der Waals surface area (Å²) in [5.41, 5.74) is 5.20. The predicted octanol–water partition coefficient (Wildman–Crippen LogP) is 0.488. The molecule has 0 atom stereocenters. The number of nitrogens with two attached hydrogens (primary N) is 1. The molecule has 0 amide bonds. The monoisotopic (exact) mass is 187 g/mol. The van der Waals surface area contributed by atoms with Gasteiger partial charge < -0.3 is 5.73 Å². The van der Waals surface area contributed by atoms with Crippen LogP contribution < -0.4 is 5.73 Å². The normalized spacial score (nSPS) is 9.14. The molecule has 0 heterocycles. The average Bonchev–Trinajstić information content (AvgIpc) is 1.36. The number of rotatable bonds is 0. The van der Waals surface area contributed by atoms with Crippen LogP contribution in [0, 0.1) is 0 Å². The van der Waals surface area contributed by atoms with Gasteiger partial charge in [-0.1, -0.05) is 12.2 Å². The first kappa shape index (κ1) is 10.8. The summed E-state index contributed by atoms with van der Waals surface area (Å²) in [6.07, 6.45) is 4.08. The van der Waals surface area contributed by atoms with Gasteiger partial charge in [-0.2, -0.15) is 0 Å². The summed E-state index contributed by atoms with van der Waals surface area (Å²) in [5.74, 6) is 0. The van der Waals surface area contributed by atoms with Gasteiger partial charge >= 0.3 is 0 Å². The van der Waals surface area contributed by atoms with E-state index in [1.54, 1.807) is 0 Å². The van der Waals surface area contributed by atoms with Gasteiger partial charge in [-0.15, -0.1) is 0 Å². The second kappa shape index (κ2) is 5.01. The number of thiocarbonyl (C=S) groups is 1. The van der Waals surface area contributed by atoms with Crippen LogP contribution >= 0.6 is 23.1 Å². The first-order valence-corrected chi connectivity index (χ1v) is 4.26. The molecule has 2 N–H and O–H groups in total. The Balaban J connectivity index is 0. The Kier molecular flexibility index (Phi) is 7.71. The molecule has 40 valence electrons. The van der Waals surface area contributed by atoms with E-state index >= 15 is 0 Å². The molecule has 0 aromatic rings. The minimum Gasteiger partial charge on any atom is -0.386 e. The Labute approximate surface area is 65.1 Å². The van der Waals surface area contributed by atoms with Crippen molar-refractivity contribution >= 4 is 27.4 Å². The molecule has 0 aromatic carbocycles. The Morgan fingerprint density at radius 3 is 1.71 bits per heavy atom. The van der Waals surface area contributed by atoms with Crippen molar-refractivity contribution in [3.63, 3.8) is 0 Å². The van der Waals surface area contributed by atoms with Crippen LogP contribution in [0.5, 0.6) is 0 Å². The van der Waals surface area contributed by atoms with Crippen molar-refractivity contribution in [2.75, 3.05) is 12.5 Å². The summed E-state index contributed by atoms with van der Waals surface area (Å²) in [6, 6.07) is 0. The largest absolute Gasteiger partial charge is 0.386 e. The van der Waals surface area contributed by atoms with Crippen LogP contribution in [0.15, 0.2) is 0 Å². The molecule has 0 unspecified atom stereocenters. The fraction of sp³-hybridized carbons (Fsp3) is 0.667. The fourth-order valence-electron chi connectivity index (χ4n) is 0. The van der Waals surface area contributed by atoms with Crippen LogP contribution in [0.25, 0.3) is 0 Å². The molecule has 0 aliphatic carbocycles. The molecule has 0 bridgehead atoms. The van der Waals surface area contributed by atoms with E-state index in [-0.39, 0.29) is 30.4 Å². The van der Waals surface area contributed by atoms with Gasteiger partial charge in [0.2, 0.25) is 0 Å². The molecule has 1 nitrogen and oxygen atoms in total. The molecular weight excluding hydrogens is 180 g/mol. The van der Waals surface area contributed by atoms with Crippen molar-refractivity contribution in [2.45, 2.75) is 0 Å².